The summed E-state index contributed by atoms with van der Waals surface area (Å²) in [7, 11) is 0. The lowest BCUT2D eigenvalue weighted by molar-refractivity contribution is 0.536. The zero-order chi connectivity index (χ0) is 55.7. The van der Waals surface area contributed by atoms with Crippen molar-refractivity contribution in [1.29, 1.82) is 0 Å². The molecule has 0 unspecified atom stereocenters. The summed E-state index contributed by atoms with van der Waals surface area (Å²) in [5, 5.41) is 0. The number of aromatic nitrogens is 8. The Morgan fingerprint density at radius 2 is 0.525 bits per heavy atom. The van der Waals surface area contributed by atoms with E-state index in [9.17, 15) is 0 Å². The zero-order valence-electron chi connectivity index (χ0n) is 50.3. The van der Waals surface area contributed by atoms with Crippen molar-refractivity contribution in [2.75, 3.05) is 0 Å². The lowest BCUT2D eigenvalue weighted by Crippen LogP contribution is -2.22. The lowest BCUT2D eigenvalue weighted by atomic mass is 9.64. The van der Waals surface area contributed by atoms with Crippen molar-refractivity contribution in [2.45, 2.75) is 210 Å². The Morgan fingerprint density at radius 3 is 0.738 bits per heavy atom. The van der Waals surface area contributed by atoms with E-state index in [0.29, 0.717) is 0 Å². The first kappa shape index (κ1) is 53.8. The molecule has 18 bridgehead atoms. The molecule has 7 aliphatic rings. The predicted molar refractivity (Wildman–Crippen MR) is 340 cm³/mol. The Kier molecular flexibility index (Phi) is 14.8. The molecule has 8 heteroatoms. The molecule has 0 amide bonds. The molecule has 0 spiro atoms. The summed E-state index contributed by atoms with van der Waals surface area (Å²) >= 11 is 0. The van der Waals surface area contributed by atoms with Gasteiger partial charge in [-0.1, -0.05) is 81.1 Å². The largest absolute Gasteiger partial charge is 0.355 e. The van der Waals surface area contributed by atoms with Crippen molar-refractivity contribution in [1.82, 2.24) is 39.9 Å². The number of H-pyrrole nitrogens is 4. The molecule has 6 aromatic rings. The molecule has 13 rings (SSSR count). The summed E-state index contributed by atoms with van der Waals surface area (Å²) in [6.45, 7) is 27.7. The maximum absolute atomic E-state index is 5.65. The quantitative estimate of drug-likeness (QED) is 0.0773. The van der Waals surface area contributed by atoms with Crippen LogP contribution in [0.15, 0.2) is 48.5 Å². The molecule has 0 atom stereocenters. The maximum atomic E-state index is 5.65. The average Bonchev–Trinajstić information content (AvgIpc) is 4.49. The molecule has 6 aromatic heterocycles. The highest BCUT2D eigenvalue weighted by Gasteiger charge is 2.43. The van der Waals surface area contributed by atoms with Crippen LogP contribution >= 0.6 is 0 Å². The number of hydrogen-bond acceptors (Lipinski definition) is 4. The minimum absolute atomic E-state index is 0.147. The fourth-order valence-electron chi connectivity index (χ4n) is 15.0. The number of aromatic amines is 4. The zero-order valence-corrected chi connectivity index (χ0v) is 50.3. The fraction of sp³-hybridized carbons (Fsp3) is 0.444. The first-order valence-electron chi connectivity index (χ1n) is 31.4. The smallest absolute Gasteiger partial charge is 0.0693 e. The molecule has 4 aliphatic heterocycles. The molecule has 414 valence electrons. The standard InChI is InChI=1S/C72H86N8/c1-13-21-25-47-39(9)53-31-65-69-51-29-30-52(70(69)66(79-65)32-54-40(10)48(26-22-14-2)62(74-54)36-58-44(18-6)43(17-5)57(77-58)35-61(47)73-53)72-68-34-56-42(12)50(28-24-16-4)64(76-56)38-60-46(20-8)45(19-7)59(78-60)37-63-49(27-23-15-3)41(11)55(75-63)33-67(80-68)71(51)72/h31-38,51-52,77-80H,13-30H2,1-12H3. The molecule has 4 N–H and O–H groups in total. The first-order chi connectivity index (χ1) is 38.9. The summed E-state index contributed by atoms with van der Waals surface area (Å²) in [5.41, 5.74) is 39.9. The van der Waals surface area contributed by atoms with Gasteiger partial charge in [-0.25, -0.2) is 19.9 Å². The van der Waals surface area contributed by atoms with Crippen LogP contribution in [0.25, 0.3) is 88.7 Å². The molecule has 0 aromatic carbocycles. The van der Waals surface area contributed by atoms with E-state index in [0.717, 1.165) is 161 Å². The Bertz CT molecular complexity index is 3490. The van der Waals surface area contributed by atoms with E-state index in [1.165, 1.54) is 133 Å². The lowest BCUT2D eigenvalue weighted by Gasteiger charge is -2.37. The second-order valence-electron chi connectivity index (χ2n) is 24.0. The van der Waals surface area contributed by atoms with Crippen LogP contribution in [0.4, 0.5) is 0 Å². The van der Waals surface area contributed by atoms with Crippen LogP contribution in [-0.2, 0) is 25.7 Å². The van der Waals surface area contributed by atoms with Gasteiger partial charge in [0.05, 0.1) is 45.6 Å². The average molecular weight is 1060 g/mol. The van der Waals surface area contributed by atoms with E-state index >= 15 is 0 Å². The van der Waals surface area contributed by atoms with Gasteiger partial charge in [0.15, 0.2) is 0 Å². The Labute approximate surface area is 475 Å². The monoisotopic (exact) mass is 1060 g/mol. The molecule has 0 fully saturated rings. The number of hydrogen-bond donors (Lipinski definition) is 4. The van der Waals surface area contributed by atoms with Gasteiger partial charge in [-0.2, -0.15) is 0 Å². The van der Waals surface area contributed by atoms with E-state index in [1.54, 1.807) is 0 Å². The highest BCUT2D eigenvalue weighted by atomic mass is 14.8. The normalized spacial score (nSPS) is 16.8. The van der Waals surface area contributed by atoms with Crippen LogP contribution < -0.4 is 0 Å². The van der Waals surface area contributed by atoms with Gasteiger partial charge in [0.2, 0.25) is 0 Å². The number of unbranched alkanes of at least 4 members (excludes halogenated alkanes) is 4. The topological polar surface area (TPSA) is 115 Å². The molecule has 10 heterocycles. The minimum Gasteiger partial charge on any atom is -0.355 e. The molecule has 0 saturated heterocycles. The number of allylic oxidation sites excluding steroid dienone is 8. The van der Waals surface area contributed by atoms with Crippen LogP contribution in [-0.4, -0.2) is 39.9 Å². The highest BCUT2D eigenvalue weighted by Crippen LogP contribution is 2.58. The Morgan fingerprint density at radius 1 is 0.312 bits per heavy atom. The van der Waals surface area contributed by atoms with E-state index in [2.05, 4.69) is 152 Å². The number of fused-ring (bicyclic) bond motifs is 17. The molecular weight excluding hydrogens is 977 g/mol. The molecule has 8 nitrogen and oxygen atoms in total. The van der Waals surface area contributed by atoms with Crippen LogP contribution in [0, 0.1) is 0 Å². The van der Waals surface area contributed by atoms with Crippen LogP contribution in [0.1, 0.15) is 275 Å². The Balaban J connectivity index is 1.19. The van der Waals surface area contributed by atoms with Crippen LogP contribution in [0.2, 0.25) is 0 Å². The van der Waals surface area contributed by atoms with E-state index in [1.807, 2.05) is 0 Å². The Hall–Kier alpha value is -6.80. The van der Waals surface area contributed by atoms with Crippen molar-refractivity contribution in [3.63, 3.8) is 0 Å². The summed E-state index contributed by atoms with van der Waals surface area (Å²) < 4.78 is 0. The van der Waals surface area contributed by atoms with Gasteiger partial charge < -0.3 is 19.9 Å². The minimum atomic E-state index is 0.147. The second kappa shape index (κ2) is 21.9. The summed E-state index contributed by atoms with van der Waals surface area (Å²) in [5.74, 6) is 0.294. The number of nitrogens with one attached hydrogen (secondary N) is 4. The molecular formula is C72H86N8. The third kappa shape index (κ3) is 8.93. The van der Waals surface area contributed by atoms with Gasteiger partial charge >= 0.3 is 0 Å². The van der Waals surface area contributed by atoms with Gasteiger partial charge in [-0.3, -0.25) is 0 Å². The van der Waals surface area contributed by atoms with Crippen LogP contribution in [0.3, 0.4) is 0 Å². The van der Waals surface area contributed by atoms with Crippen molar-refractivity contribution in [3.8, 4) is 0 Å². The molecule has 80 heavy (non-hydrogen) atoms. The van der Waals surface area contributed by atoms with Gasteiger partial charge in [0, 0.05) is 56.0 Å². The van der Waals surface area contributed by atoms with E-state index in [-0.39, 0.29) is 11.8 Å². The maximum Gasteiger partial charge on any atom is 0.0693 e. The fourth-order valence-corrected chi connectivity index (χ4v) is 15.0. The number of aryl methyl sites for hydroxylation is 4. The number of rotatable bonds is 16. The van der Waals surface area contributed by atoms with Gasteiger partial charge in [0.25, 0.3) is 0 Å². The first-order valence-corrected chi connectivity index (χ1v) is 31.4. The predicted octanol–water partition coefficient (Wildman–Crippen LogP) is 20.0. The van der Waals surface area contributed by atoms with Gasteiger partial charge in [-0.15, -0.1) is 0 Å². The molecule has 3 aliphatic carbocycles. The third-order valence-corrected chi connectivity index (χ3v) is 19.3. The molecule has 0 saturated carbocycles. The second-order valence-corrected chi connectivity index (χ2v) is 24.0. The summed E-state index contributed by atoms with van der Waals surface area (Å²) in [6.07, 6.45) is 19.0. The van der Waals surface area contributed by atoms with Crippen LogP contribution in [0.5, 0.6) is 0 Å². The molecule has 0 radical (unpaired) electrons. The number of nitrogens with zero attached hydrogens (tertiary/aromatic N) is 4. The van der Waals surface area contributed by atoms with Gasteiger partial charge in [-0.05, 0) is 255 Å². The van der Waals surface area contributed by atoms with E-state index in [4.69, 9.17) is 19.9 Å². The van der Waals surface area contributed by atoms with Crippen molar-refractivity contribution in [3.05, 3.63) is 139 Å². The summed E-state index contributed by atoms with van der Waals surface area (Å²) in [4.78, 5) is 38.9. The van der Waals surface area contributed by atoms with Crippen molar-refractivity contribution < 1.29 is 0 Å². The van der Waals surface area contributed by atoms with Crippen molar-refractivity contribution in [2.24, 2.45) is 0 Å². The van der Waals surface area contributed by atoms with E-state index < -0.39 is 0 Å². The highest BCUT2D eigenvalue weighted by molar-refractivity contribution is 5.99. The summed E-state index contributed by atoms with van der Waals surface area (Å²) in [6, 6.07) is 19.2. The third-order valence-electron chi connectivity index (χ3n) is 19.3. The SMILES string of the molecule is CCCCC1=C(C)c2cc3[nH]c(cc4nc(cc5[nH]c(cc1n2)c(CC)c5CC)C(CCCC)=C4C)c1c3C2CCC1c1c2c2cc3nc(cc4[nH]c(cc5nc(cc1[nH]2)C(C)=C5CCCC)c(CC)c4CC)C(CCCC)=C3C. The van der Waals surface area contributed by atoms with Gasteiger partial charge in [0.1, 0.15) is 0 Å². The van der Waals surface area contributed by atoms with Crippen molar-refractivity contribution >= 4 is 88.7 Å².